The summed E-state index contributed by atoms with van der Waals surface area (Å²) in [6.45, 7) is 2.58. The highest BCUT2D eigenvalue weighted by Crippen LogP contribution is 2.28. The van der Waals surface area contributed by atoms with Crippen LogP contribution in [0.25, 0.3) is 10.9 Å². The lowest BCUT2D eigenvalue weighted by Gasteiger charge is -2.31. The molecule has 2 amide bonds. The number of halogens is 2. The molecular formula is C25H29ClFN5O4. The van der Waals surface area contributed by atoms with Gasteiger partial charge >= 0.3 is 6.03 Å². The summed E-state index contributed by atoms with van der Waals surface area (Å²) in [5.74, 6) is 0.657. The van der Waals surface area contributed by atoms with Crippen molar-refractivity contribution in [2.24, 2.45) is 0 Å². The van der Waals surface area contributed by atoms with Crippen LogP contribution in [0, 0.1) is 5.82 Å². The Labute approximate surface area is 213 Å². The van der Waals surface area contributed by atoms with Crippen LogP contribution in [0.2, 0.25) is 5.02 Å². The third-order valence-corrected chi connectivity index (χ3v) is 6.14. The highest BCUT2D eigenvalue weighted by atomic mass is 35.5. The number of fused-ring (bicyclic) bond motifs is 1. The summed E-state index contributed by atoms with van der Waals surface area (Å²) < 4.78 is 30.2. The second-order valence-electron chi connectivity index (χ2n) is 8.35. The van der Waals surface area contributed by atoms with Crippen molar-refractivity contribution in [3.63, 3.8) is 0 Å². The summed E-state index contributed by atoms with van der Waals surface area (Å²) in [5, 5.41) is 6.82. The number of piperidine rings is 1. The van der Waals surface area contributed by atoms with Crippen molar-refractivity contribution in [1.82, 2.24) is 20.2 Å². The van der Waals surface area contributed by atoms with E-state index in [4.69, 9.17) is 25.8 Å². The smallest absolute Gasteiger partial charge is 0.317 e. The van der Waals surface area contributed by atoms with Gasteiger partial charge in [0, 0.05) is 44.4 Å². The number of hydrogen-bond acceptors (Lipinski definition) is 7. The molecule has 2 heterocycles. The molecule has 0 saturated carbocycles. The second kappa shape index (κ2) is 12.7. The molecule has 192 valence electrons. The number of hydrogen-bond donors (Lipinski definition) is 2. The van der Waals surface area contributed by atoms with Crippen LogP contribution in [0.4, 0.5) is 20.7 Å². The second-order valence-corrected chi connectivity index (χ2v) is 8.76. The van der Waals surface area contributed by atoms with Gasteiger partial charge in [-0.25, -0.2) is 19.2 Å². The third-order valence-electron chi connectivity index (χ3n) is 5.85. The van der Waals surface area contributed by atoms with Crippen LogP contribution in [0.3, 0.4) is 0 Å². The number of nitrogens with zero attached hydrogens (tertiary/aromatic N) is 3. The maximum atomic E-state index is 13.5. The molecule has 1 fully saturated rings. The number of carbonyl (C=O) groups excluding carboxylic acids is 1. The van der Waals surface area contributed by atoms with E-state index in [1.165, 1.54) is 18.5 Å². The number of benzene rings is 2. The van der Waals surface area contributed by atoms with Crippen molar-refractivity contribution < 1.29 is 23.4 Å². The first-order chi connectivity index (χ1) is 17.5. The van der Waals surface area contributed by atoms with Crippen LogP contribution in [0.5, 0.6) is 5.75 Å². The Morgan fingerprint density at radius 1 is 1.19 bits per heavy atom. The molecule has 2 aromatic carbocycles. The first-order valence-electron chi connectivity index (χ1n) is 11.8. The van der Waals surface area contributed by atoms with Gasteiger partial charge in [-0.2, -0.15) is 0 Å². The summed E-state index contributed by atoms with van der Waals surface area (Å²) in [6.07, 6.45) is 3.75. The minimum atomic E-state index is -0.489. The molecule has 0 bridgehead atoms. The fourth-order valence-electron chi connectivity index (χ4n) is 3.88. The molecule has 0 spiro atoms. The molecule has 9 nitrogen and oxygen atoms in total. The first-order valence-corrected chi connectivity index (χ1v) is 12.1. The number of anilines is 2. The molecule has 1 saturated heterocycles. The maximum Gasteiger partial charge on any atom is 0.317 e. The van der Waals surface area contributed by atoms with Crippen LogP contribution in [-0.4, -0.2) is 67.1 Å². The van der Waals surface area contributed by atoms with Gasteiger partial charge in [0.2, 0.25) is 0 Å². The summed E-state index contributed by atoms with van der Waals surface area (Å²) in [6, 6.07) is 9.79. The Kier molecular flexibility index (Phi) is 9.10. The van der Waals surface area contributed by atoms with E-state index < -0.39 is 5.82 Å². The first kappa shape index (κ1) is 25.9. The zero-order valence-electron chi connectivity index (χ0n) is 20.0. The standard InChI is InChI=1S/C25H29ClFN5O4/c1-34-12-2-9-28-25(33)32-10-7-18(8-11-32)35-16-36-19-4-6-23-20(14-19)24(30-15-29-23)31-17-3-5-22(27)21(26)13-17/h3-6,13-15,18H,2,7-12,16H2,1H3,(H,28,33)(H,29,30,31). The van der Waals surface area contributed by atoms with Crippen LogP contribution >= 0.6 is 11.6 Å². The molecule has 0 aliphatic carbocycles. The number of nitrogens with one attached hydrogen (secondary N) is 2. The fraction of sp³-hybridized carbons (Fsp3) is 0.400. The molecule has 0 unspecified atom stereocenters. The SMILES string of the molecule is COCCCNC(=O)N1CCC(OCOc2ccc3ncnc(Nc4ccc(F)c(Cl)c4)c3c2)CC1. The number of ether oxygens (including phenoxy) is 3. The van der Waals surface area contributed by atoms with Crippen LogP contribution in [0.15, 0.2) is 42.7 Å². The van der Waals surface area contributed by atoms with Crippen LogP contribution in [0.1, 0.15) is 19.3 Å². The minimum Gasteiger partial charge on any atom is -0.468 e. The molecule has 1 aliphatic rings. The van der Waals surface area contributed by atoms with E-state index in [-0.39, 0.29) is 24.0 Å². The van der Waals surface area contributed by atoms with Gasteiger partial charge in [0.1, 0.15) is 23.7 Å². The van der Waals surface area contributed by atoms with E-state index in [0.29, 0.717) is 43.5 Å². The number of rotatable bonds is 10. The Hall–Kier alpha value is -3.21. The van der Waals surface area contributed by atoms with Gasteiger partial charge in [-0.05, 0) is 55.7 Å². The molecule has 4 rings (SSSR count). The monoisotopic (exact) mass is 517 g/mol. The predicted octanol–water partition coefficient (Wildman–Crippen LogP) is 4.73. The zero-order chi connectivity index (χ0) is 25.3. The van der Waals surface area contributed by atoms with Gasteiger partial charge in [0.05, 0.1) is 16.6 Å². The van der Waals surface area contributed by atoms with Crippen molar-refractivity contribution in [2.75, 3.05) is 45.5 Å². The summed E-state index contributed by atoms with van der Waals surface area (Å²) in [4.78, 5) is 22.6. The lowest BCUT2D eigenvalue weighted by Crippen LogP contribution is -2.46. The molecule has 11 heteroatoms. The summed E-state index contributed by atoms with van der Waals surface area (Å²) >= 11 is 5.89. The molecule has 0 radical (unpaired) electrons. The quantitative estimate of drug-likeness (QED) is 0.296. The van der Waals surface area contributed by atoms with Crippen molar-refractivity contribution in [3.8, 4) is 5.75 Å². The van der Waals surface area contributed by atoms with E-state index in [1.807, 2.05) is 18.2 Å². The van der Waals surface area contributed by atoms with E-state index >= 15 is 0 Å². The number of carbonyl (C=O) groups is 1. The normalized spacial score (nSPS) is 14.1. The van der Waals surface area contributed by atoms with E-state index in [1.54, 1.807) is 18.1 Å². The molecular weight excluding hydrogens is 489 g/mol. The third kappa shape index (κ3) is 6.93. The van der Waals surface area contributed by atoms with Crippen molar-refractivity contribution in [1.29, 1.82) is 0 Å². The fourth-order valence-corrected chi connectivity index (χ4v) is 4.06. The largest absolute Gasteiger partial charge is 0.468 e. The average molecular weight is 518 g/mol. The van der Waals surface area contributed by atoms with Crippen molar-refractivity contribution >= 4 is 40.0 Å². The molecule has 1 aliphatic heterocycles. The minimum absolute atomic E-state index is 0.0202. The molecule has 1 aromatic heterocycles. The van der Waals surface area contributed by atoms with Crippen molar-refractivity contribution in [2.45, 2.75) is 25.4 Å². The van der Waals surface area contributed by atoms with Gasteiger partial charge in [0.15, 0.2) is 6.79 Å². The summed E-state index contributed by atoms with van der Waals surface area (Å²) in [5.41, 5.74) is 1.33. The zero-order valence-corrected chi connectivity index (χ0v) is 20.8. The van der Waals surface area contributed by atoms with E-state index in [2.05, 4.69) is 20.6 Å². The Balaban J connectivity index is 1.28. The van der Waals surface area contributed by atoms with Gasteiger partial charge in [-0.1, -0.05) is 11.6 Å². The van der Waals surface area contributed by atoms with E-state index in [0.717, 1.165) is 30.2 Å². The summed E-state index contributed by atoms with van der Waals surface area (Å²) in [7, 11) is 1.64. The average Bonchev–Trinajstić information content (AvgIpc) is 2.89. The number of amides is 2. The maximum absolute atomic E-state index is 13.5. The number of likely N-dealkylation sites (tertiary alicyclic amines) is 1. The molecule has 3 aromatic rings. The number of aromatic nitrogens is 2. The van der Waals surface area contributed by atoms with E-state index in [9.17, 15) is 9.18 Å². The van der Waals surface area contributed by atoms with Gasteiger partial charge < -0.3 is 29.7 Å². The number of urea groups is 1. The van der Waals surface area contributed by atoms with Gasteiger partial charge in [-0.15, -0.1) is 0 Å². The molecule has 2 N–H and O–H groups in total. The predicted molar refractivity (Wildman–Crippen MR) is 135 cm³/mol. The van der Waals surface area contributed by atoms with Crippen molar-refractivity contribution in [3.05, 3.63) is 53.6 Å². The lowest BCUT2D eigenvalue weighted by molar-refractivity contribution is -0.0553. The molecule has 36 heavy (non-hydrogen) atoms. The van der Waals surface area contributed by atoms with Crippen LogP contribution in [-0.2, 0) is 9.47 Å². The molecule has 0 atom stereocenters. The highest BCUT2D eigenvalue weighted by Gasteiger charge is 2.23. The van der Waals surface area contributed by atoms with Gasteiger partial charge in [0.25, 0.3) is 0 Å². The topological polar surface area (TPSA) is 97.8 Å². The highest BCUT2D eigenvalue weighted by molar-refractivity contribution is 6.31. The van der Waals surface area contributed by atoms with Crippen LogP contribution < -0.4 is 15.4 Å². The Bertz CT molecular complexity index is 1180. The number of methoxy groups -OCH3 is 1. The van der Waals surface area contributed by atoms with Gasteiger partial charge in [-0.3, -0.25) is 0 Å². The lowest BCUT2D eigenvalue weighted by atomic mass is 10.1. The Morgan fingerprint density at radius 2 is 2.03 bits per heavy atom. The Morgan fingerprint density at radius 3 is 2.81 bits per heavy atom.